The lowest BCUT2D eigenvalue weighted by atomic mass is 9.87. The third-order valence-electron chi connectivity index (χ3n) is 4.35. The summed E-state index contributed by atoms with van der Waals surface area (Å²) < 4.78 is 19.1. The molecule has 1 heterocycles. The van der Waals surface area contributed by atoms with Crippen LogP contribution in [0.3, 0.4) is 0 Å². The second kappa shape index (κ2) is 8.31. The molecule has 0 unspecified atom stereocenters. The van der Waals surface area contributed by atoms with Gasteiger partial charge in [0.2, 0.25) is 0 Å². The van der Waals surface area contributed by atoms with E-state index >= 15 is 0 Å². The van der Waals surface area contributed by atoms with Gasteiger partial charge < -0.3 is 10.1 Å². The van der Waals surface area contributed by atoms with Crippen molar-refractivity contribution < 1.29 is 18.7 Å². The van der Waals surface area contributed by atoms with Gasteiger partial charge >= 0.3 is 5.97 Å². The van der Waals surface area contributed by atoms with Crippen molar-refractivity contribution >= 4 is 17.6 Å². The highest BCUT2D eigenvalue weighted by Crippen LogP contribution is 2.29. The van der Waals surface area contributed by atoms with Crippen molar-refractivity contribution in [2.75, 3.05) is 11.9 Å². The molecule has 0 aliphatic rings. The molecule has 2 aromatic rings. The number of nitrogens with one attached hydrogen (secondary N) is 1. The summed E-state index contributed by atoms with van der Waals surface area (Å²) in [4.78, 5) is 29.2. The Balaban J connectivity index is 2.35. The zero-order valence-electron chi connectivity index (χ0n) is 18.1. The maximum Gasteiger partial charge on any atom is 0.341 e. The summed E-state index contributed by atoms with van der Waals surface area (Å²) in [7, 11) is 0. The molecule has 0 spiro atoms. The summed E-state index contributed by atoms with van der Waals surface area (Å²) in [5, 5.41) is 2.82. The van der Waals surface area contributed by atoms with Crippen molar-refractivity contribution in [2.45, 2.75) is 59.3 Å². The van der Waals surface area contributed by atoms with E-state index < -0.39 is 17.7 Å². The van der Waals surface area contributed by atoms with Gasteiger partial charge in [-0.1, -0.05) is 41.5 Å². The van der Waals surface area contributed by atoms with Gasteiger partial charge in [0.1, 0.15) is 5.82 Å². The molecule has 0 saturated carbocycles. The molecular weight excluding hydrogens is 371 g/mol. The van der Waals surface area contributed by atoms with E-state index in [1.54, 1.807) is 6.92 Å². The molecule has 156 valence electrons. The van der Waals surface area contributed by atoms with Crippen molar-refractivity contribution in [3.63, 3.8) is 0 Å². The largest absolute Gasteiger partial charge is 0.462 e. The number of anilines is 1. The number of hydrogen-bond acceptors (Lipinski definition) is 4. The number of carbonyl (C=O) groups excluding carboxylic acids is 2. The molecule has 1 amide bonds. The van der Waals surface area contributed by atoms with Gasteiger partial charge in [-0.3, -0.25) is 9.78 Å². The molecule has 6 heteroatoms. The quantitative estimate of drug-likeness (QED) is 0.712. The van der Waals surface area contributed by atoms with E-state index in [1.807, 2.05) is 12.1 Å². The Bertz CT molecular complexity index is 892. The van der Waals surface area contributed by atoms with Crippen molar-refractivity contribution in [1.82, 2.24) is 4.98 Å². The Morgan fingerprint density at radius 2 is 1.55 bits per heavy atom. The Kier molecular flexibility index (Phi) is 6.46. The summed E-state index contributed by atoms with van der Waals surface area (Å²) in [5.74, 6) is -2.02. The van der Waals surface area contributed by atoms with Crippen molar-refractivity contribution in [1.29, 1.82) is 0 Å². The second-order valence-corrected chi connectivity index (χ2v) is 9.00. The van der Waals surface area contributed by atoms with Gasteiger partial charge in [-0.2, -0.15) is 0 Å². The Labute approximate surface area is 171 Å². The monoisotopic (exact) mass is 400 g/mol. The van der Waals surface area contributed by atoms with Gasteiger partial charge in [-0.25, -0.2) is 9.18 Å². The standard InChI is InChI=1S/C23H29FN2O3/c1-8-29-21(28)16-10-9-14(11-17(16)24)20(27)25-15-12-18(22(2,3)4)26-19(13-15)23(5,6)7/h9-13H,8H2,1-7H3,(H,25,26,27). The number of hydrogen-bond donors (Lipinski definition) is 1. The van der Waals surface area contributed by atoms with Crippen molar-refractivity contribution in [3.8, 4) is 0 Å². The number of esters is 1. The molecule has 0 saturated heterocycles. The zero-order chi connectivity index (χ0) is 22.0. The lowest BCUT2D eigenvalue weighted by molar-refractivity contribution is 0.0520. The number of halogens is 1. The number of pyridine rings is 1. The van der Waals surface area contributed by atoms with Crippen LogP contribution in [0.15, 0.2) is 30.3 Å². The summed E-state index contributed by atoms with van der Waals surface area (Å²) in [6, 6.07) is 7.36. The van der Waals surface area contributed by atoms with Crippen LogP contribution in [0.25, 0.3) is 0 Å². The van der Waals surface area contributed by atoms with Gasteiger partial charge in [-0.15, -0.1) is 0 Å². The van der Waals surface area contributed by atoms with E-state index in [0.29, 0.717) is 5.69 Å². The molecule has 0 bridgehead atoms. The van der Waals surface area contributed by atoms with E-state index in [-0.39, 0.29) is 28.6 Å². The van der Waals surface area contributed by atoms with E-state index in [0.717, 1.165) is 17.5 Å². The van der Waals surface area contributed by atoms with Gasteiger partial charge in [0.25, 0.3) is 5.91 Å². The van der Waals surface area contributed by atoms with Gasteiger partial charge in [-0.05, 0) is 37.3 Å². The molecule has 0 aliphatic heterocycles. The minimum absolute atomic E-state index is 0.113. The van der Waals surface area contributed by atoms with Crippen molar-refractivity contribution in [2.24, 2.45) is 0 Å². The average molecular weight is 400 g/mol. The Hall–Kier alpha value is -2.76. The maximum absolute atomic E-state index is 14.3. The third kappa shape index (κ3) is 5.62. The Morgan fingerprint density at radius 1 is 1.00 bits per heavy atom. The van der Waals surface area contributed by atoms with Gasteiger partial charge in [0, 0.05) is 33.5 Å². The topological polar surface area (TPSA) is 68.3 Å². The number of rotatable bonds is 4. The molecule has 0 atom stereocenters. The minimum atomic E-state index is -0.795. The molecule has 29 heavy (non-hydrogen) atoms. The van der Waals surface area contributed by atoms with Gasteiger partial charge in [0.05, 0.1) is 12.2 Å². The lowest BCUT2D eigenvalue weighted by Gasteiger charge is -2.25. The highest BCUT2D eigenvalue weighted by molar-refractivity contribution is 6.05. The fourth-order valence-corrected chi connectivity index (χ4v) is 2.61. The first kappa shape index (κ1) is 22.5. The molecule has 0 aliphatic carbocycles. The highest BCUT2D eigenvalue weighted by Gasteiger charge is 2.23. The summed E-state index contributed by atoms with van der Waals surface area (Å²) in [6.07, 6.45) is 0. The van der Waals surface area contributed by atoms with E-state index in [2.05, 4.69) is 46.9 Å². The van der Waals surface area contributed by atoms with Crippen LogP contribution in [0.1, 0.15) is 80.6 Å². The van der Waals surface area contributed by atoms with E-state index in [9.17, 15) is 14.0 Å². The van der Waals surface area contributed by atoms with Crippen LogP contribution in [-0.2, 0) is 15.6 Å². The molecule has 0 fully saturated rings. The Morgan fingerprint density at radius 3 is 2.00 bits per heavy atom. The molecular formula is C23H29FN2O3. The summed E-state index contributed by atoms with van der Waals surface area (Å²) in [5.41, 5.74) is 1.81. The SMILES string of the molecule is CCOC(=O)c1ccc(C(=O)Nc2cc(C(C)(C)C)nc(C(C)(C)C)c2)cc1F. The average Bonchev–Trinajstić information content (AvgIpc) is 2.60. The molecule has 1 aromatic carbocycles. The smallest absolute Gasteiger partial charge is 0.341 e. The number of amides is 1. The molecule has 5 nitrogen and oxygen atoms in total. The normalized spacial score (nSPS) is 11.9. The zero-order valence-corrected chi connectivity index (χ0v) is 18.1. The molecule has 2 rings (SSSR count). The molecule has 1 aromatic heterocycles. The van der Waals surface area contributed by atoms with Crippen molar-refractivity contribution in [3.05, 3.63) is 58.7 Å². The first-order chi connectivity index (χ1) is 13.3. The molecule has 1 N–H and O–H groups in total. The number of ether oxygens (including phenoxy) is 1. The van der Waals surface area contributed by atoms with Crippen LogP contribution in [0.2, 0.25) is 0 Å². The van der Waals surface area contributed by atoms with E-state index in [4.69, 9.17) is 9.72 Å². The molecule has 0 radical (unpaired) electrons. The number of carbonyl (C=O) groups is 2. The minimum Gasteiger partial charge on any atom is -0.462 e. The maximum atomic E-state index is 14.3. The van der Waals surface area contributed by atoms with Gasteiger partial charge in [0.15, 0.2) is 0 Å². The van der Waals surface area contributed by atoms with Crippen LogP contribution in [0, 0.1) is 5.82 Å². The van der Waals surface area contributed by atoms with Crippen LogP contribution >= 0.6 is 0 Å². The fraction of sp³-hybridized carbons (Fsp3) is 0.435. The highest BCUT2D eigenvalue weighted by atomic mass is 19.1. The fourth-order valence-electron chi connectivity index (χ4n) is 2.61. The lowest BCUT2D eigenvalue weighted by Crippen LogP contribution is -2.21. The van der Waals surface area contributed by atoms with Crippen LogP contribution in [0.4, 0.5) is 10.1 Å². The predicted molar refractivity (Wildman–Crippen MR) is 112 cm³/mol. The number of nitrogens with zero attached hydrogens (tertiary/aromatic N) is 1. The summed E-state index contributed by atoms with van der Waals surface area (Å²) >= 11 is 0. The first-order valence-electron chi connectivity index (χ1n) is 9.64. The van der Waals surface area contributed by atoms with Crippen LogP contribution in [-0.4, -0.2) is 23.5 Å². The number of benzene rings is 1. The van der Waals surface area contributed by atoms with E-state index in [1.165, 1.54) is 12.1 Å². The van der Waals surface area contributed by atoms with Crippen LogP contribution in [0.5, 0.6) is 0 Å². The second-order valence-electron chi connectivity index (χ2n) is 9.00. The first-order valence-corrected chi connectivity index (χ1v) is 9.64. The predicted octanol–water partition coefficient (Wildman–Crippen LogP) is 5.24. The number of aromatic nitrogens is 1. The third-order valence-corrected chi connectivity index (χ3v) is 4.35. The van der Waals surface area contributed by atoms with Crippen LogP contribution < -0.4 is 5.32 Å². The summed E-state index contributed by atoms with van der Waals surface area (Å²) in [6.45, 7) is 14.1.